The van der Waals surface area contributed by atoms with E-state index in [1.165, 1.54) is 5.56 Å². The number of aromatic nitrogens is 2. The van der Waals surface area contributed by atoms with Gasteiger partial charge in [-0.15, -0.1) is 11.3 Å². The minimum absolute atomic E-state index is 0.677. The summed E-state index contributed by atoms with van der Waals surface area (Å²) in [5, 5.41) is 2.06. The van der Waals surface area contributed by atoms with E-state index in [1.54, 1.807) is 29.4 Å². The summed E-state index contributed by atoms with van der Waals surface area (Å²) in [4.78, 5) is 8.94. The van der Waals surface area contributed by atoms with Crippen LogP contribution in [-0.4, -0.2) is 9.97 Å². The van der Waals surface area contributed by atoms with Gasteiger partial charge in [0.2, 0.25) is 5.89 Å². The molecule has 1 aromatic carbocycles. The molecule has 2 heterocycles. The fourth-order valence-corrected chi connectivity index (χ4v) is 3.46. The van der Waals surface area contributed by atoms with E-state index in [2.05, 4.69) is 34.4 Å². The highest BCUT2D eigenvalue weighted by atomic mass is 32.2. The summed E-state index contributed by atoms with van der Waals surface area (Å²) in [6.07, 6.45) is 1.72. The van der Waals surface area contributed by atoms with Gasteiger partial charge in [0.25, 0.3) is 0 Å². The van der Waals surface area contributed by atoms with Crippen molar-refractivity contribution < 1.29 is 4.42 Å². The maximum Gasteiger partial charge on any atom is 0.226 e. The number of hydrogen-bond donors (Lipinski definition) is 0. The fourth-order valence-electron chi connectivity index (χ4n) is 1.74. The zero-order valence-electron chi connectivity index (χ0n) is 11.3. The summed E-state index contributed by atoms with van der Waals surface area (Å²) in [6, 6.07) is 8.18. The third-order valence-electron chi connectivity index (χ3n) is 2.79. The number of thiazole rings is 1. The number of thioether (sulfide) groups is 1. The Balaban J connectivity index is 1.69. The van der Waals surface area contributed by atoms with Crippen molar-refractivity contribution in [2.45, 2.75) is 23.9 Å². The molecule has 3 aromatic rings. The van der Waals surface area contributed by atoms with Crippen molar-refractivity contribution in [1.82, 2.24) is 9.97 Å². The topological polar surface area (TPSA) is 38.9 Å². The van der Waals surface area contributed by atoms with Crippen LogP contribution in [0.2, 0.25) is 0 Å². The van der Waals surface area contributed by atoms with E-state index in [0.29, 0.717) is 5.89 Å². The van der Waals surface area contributed by atoms with Crippen molar-refractivity contribution in [1.29, 1.82) is 0 Å². The Labute approximate surface area is 126 Å². The van der Waals surface area contributed by atoms with Gasteiger partial charge >= 0.3 is 0 Å². The summed E-state index contributed by atoms with van der Waals surface area (Å²) in [6.45, 7) is 4.07. The number of oxazole rings is 1. The van der Waals surface area contributed by atoms with Gasteiger partial charge in [-0.3, -0.25) is 0 Å². The Kier molecular flexibility index (Phi) is 3.89. The van der Waals surface area contributed by atoms with Crippen LogP contribution in [-0.2, 0) is 5.75 Å². The van der Waals surface area contributed by atoms with Crippen molar-refractivity contribution in [3.63, 3.8) is 0 Å². The third kappa shape index (κ3) is 3.11. The van der Waals surface area contributed by atoms with Crippen molar-refractivity contribution in [2.24, 2.45) is 0 Å². The minimum atomic E-state index is 0.677. The Hall–Kier alpha value is -1.59. The molecule has 0 fully saturated rings. The number of hydrogen-bond acceptors (Lipinski definition) is 5. The molecule has 0 bridgehead atoms. The van der Waals surface area contributed by atoms with E-state index in [9.17, 15) is 0 Å². The molecule has 0 radical (unpaired) electrons. The Morgan fingerprint density at radius 3 is 2.65 bits per heavy atom. The highest BCUT2D eigenvalue weighted by Gasteiger charge is 2.08. The van der Waals surface area contributed by atoms with Crippen molar-refractivity contribution in [3.05, 3.63) is 52.9 Å². The van der Waals surface area contributed by atoms with Crippen LogP contribution in [0, 0.1) is 13.8 Å². The van der Waals surface area contributed by atoms with Gasteiger partial charge in [0.1, 0.15) is 10.6 Å². The molecule has 0 aliphatic heterocycles. The average Bonchev–Trinajstić information content (AvgIpc) is 3.06. The van der Waals surface area contributed by atoms with Crippen LogP contribution >= 0.6 is 23.1 Å². The molecular weight excluding hydrogens is 288 g/mol. The second-order valence-electron chi connectivity index (χ2n) is 4.55. The lowest BCUT2D eigenvalue weighted by atomic mass is 10.1. The lowest BCUT2D eigenvalue weighted by molar-refractivity contribution is 0.573. The monoisotopic (exact) mass is 302 g/mol. The lowest BCUT2D eigenvalue weighted by Crippen LogP contribution is -1.82. The number of rotatable bonds is 4. The number of aryl methyl sites for hydroxylation is 2. The minimum Gasteiger partial charge on any atom is -0.444 e. The van der Waals surface area contributed by atoms with Crippen LogP contribution < -0.4 is 0 Å². The zero-order chi connectivity index (χ0) is 13.9. The zero-order valence-corrected chi connectivity index (χ0v) is 12.9. The number of benzene rings is 1. The molecular formula is C15H14N2OS2. The molecule has 0 saturated heterocycles. The van der Waals surface area contributed by atoms with Crippen LogP contribution in [0.5, 0.6) is 0 Å². The van der Waals surface area contributed by atoms with Crippen LogP contribution in [0.25, 0.3) is 11.5 Å². The largest absolute Gasteiger partial charge is 0.444 e. The maximum absolute atomic E-state index is 5.54. The van der Waals surface area contributed by atoms with Gasteiger partial charge < -0.3 is 4.42 Å². The first kappa shape index (κ1) is 13.4. The number of nitrogens with zero attached hydrogens (tertiary/aromatic N) is 2. The smallest absolute Gasteiger partial charge is 0.226 e. The van der Waals surface area contributed by atoms with Gasteiger partial charge in [-0.25, -0.2) is 9.97 Å². The Bertz CT molecular complexity index is 701. The molecule has 0 spiro atoms. The van der Waals surface area contributed by atoms with Crippen LogP contribution in [0.3, 0.4) is 0 Å². The molecule has 20 heavy (non-hydrogen) atoms. The average molecular weight is 302 g/mol. The highest BCUT2D eigenvalue weighted by Crippen LogP contribution is 2.27. The summed E-state index contributed by atoms with van der Waals surface area (Å²) >= 11 is 3.36. The summed E-state index contributed by atoms with van der Waals surface area (Å²) in [7, 11) is 0. The molecule has 3 rings (SSSR count). The second kappa shape index (κ2) is 5.81. The molecule has 0 unspecified atom stereocenters. The molecule has 0 aliphatic rings. The van der Waals surface area contributed by atoms with Crippen molar-refractivity contribution in [3.8, 4) is 11.5 Å². The normalized spacial score (nSPS) is 10.9. The van der Waals surface area contributed by atoms with Gasteiger partial charge in [-0.05, 0) is 26.0 Å². The summed E-state index contributed by atoms with van der Waals surface area (Å²) in [5.74, 6) is 1.46. The molecule has 0 atom stereocenters. The van der Waals surface area contributed by atoms with E-state index < -0.39 is 0 Å². The van der Waals surface area contributed by atoms with Crippen LogP contribution in [0.4, 0.5) is 0 Å². The predicted octanol–water partition coefficient (Wildman–Crippen LogP) is 4.71. The predicted molar refractivity (Wildman–Crippen MR) is 83.1 cm³/mol. The molecule has 0 aliphatic carbocycles. The van der Waals surface area contributed by atoms with Gasteiger partial charge in [0.15, 0.2) is 0 Å². The molecule has 3 nitrogen and oxygen atoms in total. The SMILES string of the molecule is Cc1ccc(-c2nc(CSc3nc(C)cs3)co2)cc1. The van der Waals surface area contributed by atoms with E-state index in [0.717, 1.165) is 27.0 Å². The fraction of sp³-hybridized carbons (Fsp3) is 0.200. The Morgan fingerprint density at radius 2 is 1.95 bits per heavy atom. The standard InChI is InChI=1S/C15H14N2OS2/c1-10-3-5-12(6-4-10)14-17-13(7-18-14)9-20-15-16-11(2)8-19-15/h3-8H,9H2,1-2H3. The van der Waals surface area contributed by atoms with E-state index in [-0.39, 0.29) is 0 Å². The molecule has 102 valence electrons. The molecule has 0 N–H and O–H groups in total. The Morgan fingerprint density at radius 1 is 1.15 bits per heavy atom. The van der Waals surface area contributed by atoms with Gasteiger partial charge in [0.05, 0.1) is 5.69 Å². The first-order valence-electron chi connectivity index (χ1n) is 6.27. The van der Waals surface area contributed by atoms with Gasteiger partial charge in [-0.1, -0.05) is 29.5 Å². The maximum atomic E-state index is 5.54. The molecule has 2 aromatic heterocycles. The second-order valence-corrected chi connectivity index (χ2v) is 6.63. The summed E-state index contributed by atoms with van der Waals surface area (Å²) in [5.41, 5.74) is 4.25. The van der Waals surface area contributed by atoms with Gasteiger partial charge in [0, 0.05) is 22.4 Å². The molecule has 0 saturated carbocycles. The van der Waals surface area contributed by atoms with E-state index >= 15 is 0 Å². The highest BCUT2D eigenvalue weighted by molar-refractivity contribution is 8.00. The van der Waals surface area contributed by atoms with Crippen LogP contribution in [0.1, 0.15) is 17.0 Å². The van der Waals surface area contributed by atoms with E-state index in [1.807, 2.05) is 19.1 Å². The first-order chi connectivity index (χ1) is 9.70. The van der Waals surface area contributed by atoms with Crippen molar-refractivity contribution >= 4 is 23.1 Å². The quantitative estimate of drug-likeness (QED) is 0.654. The van der Waals surface area contributed by atoms with Crippen molar-refractivity contribution in [2.75, 3.05) is 0 Å². The first-order valence-corrected chi connectivity index (χ1v) is 8.13. The molecule has 0 amide bonds. The molecule has 5 heteroatoms. The van der Waals surface area contributed by atoms with Gasteiger partial charge in [-0.2, -0.15) is 0 Å². The lowest BCUT2D eigenvalue weighted by Gasteiger charge is -1.95. The summed E-state index contributed by atoms with van der Waals surface area (Å²) < 4.78 is 6.61. The third-order valence-corrected chi connectivity index (χ3v) is 4.96. The van der Waals surface area contributed by atoms with E-state index in [4.69, 9.17) is 4.42 Å². The van der Waals surface area contributed by atoms with Crippen LogP contribution in [0.15, 0.2) is 44.7 Å².